The molecule has 1 aliphatic carbocycles. The molecule has 0 saturated heterocycles. The first-order valence-corrected chi connectivity index (χ1v) is 17.2. The van der Waals surface area contributed by atoms with Crippen molar-refractivity contribution < 1.29 is 4.42 Å². The molecule has 2 heterocycles. The second kappa shape index (κ2) is 10.8. The Morgan fingerprint density at radius 2 is 0.843 bits per heavy atom. The van der Waals surface area contributed by atoms with E-state index in [9.17, 15) is 0 Å². The maximum Gasteiger partial charge on any atom is 0.164 e. The lowest BCUT2D eigenvalue weighted by Gasteiger charge is -2.15. The van der Waals surface area contributed by atoms with E-state index in [2.05, 4.69) is 127 Å². The summed E-state index contributed by atoms with van der Waals surface area (Å²) in [5.41, 5.74) is 11.7. The quantitative estimate of drug-likeness (QED) is 0.190. The molecule has 0 atom stereocenters. The molecule has 4 heteroatoms. The van der Waals surface area contributed by atoms with E-state index >= 15 is 0 Å². The van der Waals surface area contributed by atoms with Crippen molar-refractivity contribution in [3.8, 4) is 67.5 Å². The smallest absolute Gasteiger partial charge is 0.164 e. The minimum absolute atomic E-state index is 0.621. The lowest BCUT2D eigenvalue weighted by molar-refractivity contribution is 0.669. The summed E-state index contributed by atoms with van der Waals surface area (Å²) in [7, 11) is 0. The topological polar surface area (TPSA) is 51.8 Å². The molecule has 0 radical (unpaired) electrons. The van der Waals surface area contributed by atoms with Gasteiger partial charge in [-0.3, -0.25) is 0 Å². The molecule has 10 aromatic rings. The third-order valence-electron chi connectivity index (χ3n) is 10.3. The molecule has 0 fully saturated rings. The minimum Gasteiger partial charge on any atom is -0.456 e. The van der Waals surface area contributed by atoms with Crippen molar-refractivity contribution in [3.63, 3.8) is 0 Å². The number of rotatable bonds is 4. The van der Waals surface area contributed by atoms with Crippen LogP contribution in [0.5, 0.6) is 0 Å². The number of nitrogens with zero attached hydrogens (tertiary/aromatic N) is 3. The summed E-state index contributed by atoms with van der Waals surface area (Å²) in [4.78, 5) is 15.8. The van der Waals surface area contributed by atoms with Crippen molar-refractivity contribution in [2.24, 2.45) is 0 Å². The molecule has 51 heavy (non-hydrogen) atoms. The SMILES string of the molecule is c1ccc(-c2nc(-c3cc4ccccc4cc3-c3cccc4oc5ccccc5c34)nc(-c3ccc4c5c(cccc35)-c3ccccc3-4)n2)cc1. The van der Waals surface area contributed by atoms with Crippen LogP contribution in [0.2, 0.25) is 0 Å². The van der Waals surface area contributed by atoms with Gasteiger partial charge >= 0.3 is 0 Å². The lowest BCUT2D eigenvalue weighted by atomic mass is 9.92. The molecule has 0 unspecified atom stereocenters. The Morgan fingerprint density at radius 1 is 0.314 bits per heavy atom. The summed E-state index contributed by atoms with van der Waals surface area (Å²) >= 11 is 0. The van der Waals surface area contributed by atoms with Gasteiger partial charge in [0.25, 0.3) is 0 Å². The summed E-state index contributed by atoms with van der Waals surface area (Å²) in [6, 6.07) is 57.3. The van der Waals surface area contributed by atoms with Crippen LogP contribution in [-0.4, -0.2) is 15.0 Å². The summed E-state index contributed by atoms with van der Waals surface area (Å²) < 4.78 is 6.35. The Labute approximate surface area is 293 Å². The van der Waals surface area contributed by atoms with E-state index in [-0.39, 0.29) is 0 Å². The molecule has 0 amide bonds. The van der Waals surface area contributed by atoms with Gasteiger partial charge in [0.2, 0.25) is 0 Å². The van der Waals surface area contributed by atoms with Crippen LogP contribution in [0.15, 0.2) is 168 Å². The van der Waals surface area contributed by atoms with Gasteiger partial charge < -0.3 is 4.42 Å². The first kappa shape index (κ1) is 28.0. The van der Waals surface area contributed by atoms with E-state index in [1.807, 2.05) is 36.4 Å². The van der Waals surface area contributed by atoms with Crippen LogP contribution in [0.1, 0.15) is 0 Å². The first-order valence-electron chi connectivity index (χ1n) is 17.2. The van der Waals surface area contributed by atoms with Gasteiger partial charge in [0.15, 0.2) is 17.5 Å². The second-order valence-electron chi connectivity index (χ2n) is 13.1. The van der Waals surface area contributed by atoms with Crippen LogP contribution in [-0.2, 0) is 0 Å². The van der Waals surface area contributed by atoms with Gasteiger partial charge in [-0.1, -0.05) is 133 Å². The number of furan rings is 1. The zero-order valence-electron chi connectivity index (χ0n) is 27.3. The molecule has 2 aromatic heterocycles. The van der Waals surface area contributed by atoms with Crippen LogP contribution >= 0.6 is 0 Å². The molecule has 236 valence electrons. The zero-order chi connectivity index (χ0) is 33.5. The molecule has 11 rings (SSSR count). The Balaban J connectivity index is 1.21. The number of hydrogen-bond donors (Lipinski definition) is 0. The third kappa shape index (κ3) is 4.23. The van der Waals surface area contributed by atoms with Crippen molar-refractivity contribution in [2.75, 3.05) is 0 Å². The Hall–Kier alpha value is -6.91. The standard InChI is InChI=1S/C47H27N3O/c1-2-12-28(13-3-1)45-48-46(37-25-24-36-32-17-7-6-16-31(32)33-19-10-20-34(37)43(33)36)50-47(49-45)40-27-30-15-5-4-14-29(30)26-39(40)35-21-11-23-42-44(35)38-18-8-9-22-41(38)51-42/h1-27H. The van der Waals surface area contributed by atoms with E-state index < -0.39 is 0 Å². The average molecular weight is 650 g/mol. The molecule has 0 saturated carbocycles. The highest BCUT2D eigenvalue weighted by Gasteiger charge is 2.25. The van der Waals surface area contributed by atoms with E-state index in [0.29, 0.717) is 17.5 Å². The molecule has 4 nitrogen and oxygen atoms in total. The van der Waals surface area contributed by atoms with Crippen molar-refractivity contribution in [1.29, 1.82) is 0 Å². The number of fused-ring (bicyclic) bond motifs is 7. The number of benzene rings is 8. The van der Waals surface area contributed by atoms with Gasteiger partial charge in [-0.15, -0.1) is 0 Å². The van der Waals surface area contributed by atoms with Crippen LogP contribution in [0, 0.1) is 0 Å². The number of hydrogen-bond acceptors (Lipinski definition) is 4. The number of aromatic nitrogens is 3. The van der Waals surface area contributed by atoms with Crippen LogP contribution < -0.4 is 0 Å². The lowest BCUT2D eigenvalue weighted by Crippen LogP contribution is -2.02. The Bertz CT molecular complexity index is 3000. The maximum atomic E-state index is 6.35. The highest BCUT2D eigenvalue weighted by Crippen LogP contribution is 2.49. The van der Waals surface area contributed by atoms with Gasteiger partial charge in [0.1, 0.15) is 11.2 Å². The fraction of sp³-hybridized carbons (Fsp3) is 0. The van der Waals surface area contributed by atoms with Crippen LogP contribution in [0.25, 0.3) is 111 Å². The molecule has 0 N–H and O–H groups in total. The normalized spacial score (nSPS) is 11.9. The molecule has 8 aromatic carbocycles. The summed E-state index contributed by atoms with van der Waals surface area (Å²) in [5.74, 6) is 1.90. The van der Waals surface area contributed by atoms with E-state index in [1.54, 1.807) is 0 Å². The third-order valence-corrected chi connectivity index (χ3v) is 10.3. The van der Waals surface area contributed by atoms with Crippen molar-refractivity contribution >= 4 is 43.5 Å². The fourth-order valence-corrected chi connectivity index (χ4v) is 7.98. The first-order chi connectivity index (χ1) is 25.3. The molecule has 1 aliphatic rings. The van der Waals surface area contributed by atoms with Gasteiger partial charge in [0.05, 0.1) is 0 Å². The average Bonchev–Trinajstić information content (AvgIpc) is 3.75. The highest BCUT2D eigenvalue weighted by molar-refractivity contribution is 6.18. The Kier molecular flexibility index (Phi) is 5.92. The molecule has 0 spiro atoms. The molecule has 0 bridgehead atoms. The van der Waals surface area contributed by atoms with E-state index in [4.69, 9.17) is 19.4 Å². The van der Waals surface area contributed by atoms with Crippen LogP contribution in [0.4, 0.5) is 0 Å². The van der Waals surface area contributed by atoms with Crippen molar-refractivity contribution in [1.82, 2.24) is 15.0 Å². The molecular formula is C47H27N3O. The zero-order valence-corrected chi connectivity index (χ0v) is 27.3. The largest absolute Gasteiger partial charge is 0.456 e. The van der Waals surface area contributed by atoms with E-state index in [0.717, 1.165) is 65.9 Å². The fourth-order valence-electron chi connectivity index (χ4n) is 7.98. The van der Waals surface area contributed by atoms with Gasteiger partial charge in [0, 0.05) is 27.5 Å². The Morgan fingerprint density at radius 3 is 1.65 bits per heavy atom. The summed E-state index contributed by atoms with van der Waals surface area (Å²) in [6.45, 7) is 0. The van der Waals surface area contributed by atoms with Gasteiger partial charge in [-0.05, 0) is 85.3 Å². The van der Waals surface area contributed by atoms with Crippen LogP contribution in [0.3, 0.4) is 0 Å². The maximum absolute atomic E-state index is 6.35. The second-order valence-corrected chi connectivity index (χ2v) is 13.1. The molecule has 0 aliphatic heterocycles. The minimum atomic E-state index is 0.621. The summed E-state index contributed by atoms with van der Waals surface area (Å²) in [6.07, 6.45) is 0. The van der Waals surface area contributed by atoms with E-state index in [1.165, 1.54) is 27.6 Å². The summed E-state index contributed by atoms with van der Waals surface area (Å²) in [5, 5.41) is 6.79. The predicted molar refractivity (Wildman–Crippen MR) is 208 cm³/mol. The monoisotopic (exact) mass is 649 g/mol. The highest BCUT2D eigenvalue weighted by atomic mass is 16.3. The van der Waals surface area contributed by atoms with Crippen molar-refractivity contribution in [3.05, 3.63) is 164 Å². The van der Waals surface area contributed by atoms with Gasteiger partial charge in [-0.25, -0.2) is 15.0 Å². The predicted octanol–water partition coefficient (Wildman–Crippen LogP) is 12.4. The molecular weight excluding hydrogens is 623 g/mol. The number of para-hydroxylation sites is 1. The van der Waals surface area contributed by atoms with Gasteiger partial charge in [-0.2, -0.15) is 0 Å². The van der Waals surface area contributed by atoms with Crippen molar-refractivity contribution in [2.45, 2.75) is 0 Å².